The molecule has 9 heteroatoms. The topological polar surface area (TPSA) is 108 Å². The molecule has 0 heterocycles. The first-order valence-electron chi connectivity index (χ1n) is 13.1. The summed E-state index contributed by atoms with van der Waals surface area (Å²) in [6.07, 6.45) is 0. The van der Waals surface area contributed by atoms with E-state index in [4.69, 9.17) is 9.47 Å². The standard InChI is InChI=1S/2C17H14N2O2.Pd/c2*1-21-16-9-5-4-8-14(16)18-19-17-13-7-3-2-6-12(13)10-11-15(17)20;/h2*2-11,20H,1H3;. The zero-order valence-corrected chi connectivity index (χ0v) is 24.9. The molecule has 6 aromatic carbocycles. The molecule has 6 rings (SSSR count). The molecular formula is C34H28N4O4Pd. The van der Waals surface area contributed by atoms with Gasteiger partial charge in [0.2, 0.25) is 0 Å². The molecule has 0 unspecified atom stereocenters. The second-order valence-corrected chi connectivity index (χ2v) is 9.05. The van der Waals surface area contributed by atoms with Crippen LogP contribution in [-0.2, 0) is 20.4 Å². The average molecular weight is 663 g/mol. The zero-order chi connectivity index (χ0) is 29.3. The van der Waals surface area contributed by atoms with Gasteiger partial charge in [-0.25, -0.2) is 0 Å². The van der Waals surface area contributed by atoms with E-state index in [-0.39, 0.29) is 31.9 Å². The molecular weight excluding hydrogens is 635 g/mol. The van der Waals surface area contributed by atoms with Crippen LogP contribution in [0, 0.1) is 0 Å². The number of aromatic hydroxyl groups is 2. The van der Waals surface area contributed by atoms with Crippen LogP contribution in [0.25, 0.3) is 21.5 Å². The Morgan fingerprint density at radius 1 is 0.442 bits per heavy atom. The van der Waals surface area contributed by atoms with Crippen molar-refractivity contribution in [1.82, 2.24) is 0 Å². The zero-order valence-electron chi connectivity index (χ0n) is 23.4. The summed E-state index contributed by atoms with van der Waals surface area (Å²) in [6.45, 7) is 0. The van der Waals surface area contributed by atoms with E-state index < -0.39 is 0 Å². The first kappa shape index (κ1) is 30.9. The van der Waals surface area contributed by atoms with Crippen LogP contribution in [-0.4, -0.2) is 24.4 Å². The van der Waals surface area contributed by atoms with Crippen molar-refractivity contribution in [2.45, 2.75) is 0 Å². The summed E-state index contributed by atoms with van der Waals surface area (Å²) < 4.78 is 10.5. The number of hydrogen-bond donors (Lipinski definition) is 2. The van der Waals surface area contributed by atoms with Crippen LogP contribution in [0.5, 0.6) is 23.0 Å². The van der Waals surface area contributed by atoms with Crippen LogP contribution in [0.2, 0.25) is 0 Å². The number of methoxy groups -OCH3 is 2. The van der Waals surface area contributed by atoms with Crippen molar-refractivity contribution in [2.24, 2.45) is 20.5 Å². The number of azo groups is 2. The van der Waals surface area contributed by atoms with Crippen LogP contribution in [0.15, 0.2) is 142 Å². The maximum Gasteiger partial charge on any atom is 0.146 e. The average Bonchev–Trinajstić information content (AvgIpc) is 3.04. The molecule has 0 aliphatic rings. The van der Waals surface area contributed by atoms with E-state index in [1.165, 1.54) is 0 Å². The molecule has 0 aromatic heterocycles. The van der Waals surface area contributed by atoms with E-state index in [9.17, 15) is 10.2 Å². The van der Waals surface area contributed by atoms with Gasteiger partial charge in [-0.05, 0) is 47.2 Å². The van der Waals surface area contributed by atoms with Gasteiger partial charge in [-0.15, -0.1) is 20.5 Å². The van der Waals surface area contributed by atoms with Crippen molar-refractivity contribution in [3.8, 4) is 23.0 Å². The number of phenols is 2. The molecule has 0 saturated heterocycles. The molecule has 0 radical (unpaired) electrons. The molecule has 0 atom stereocenters. The fraction of sp³-hybridized carbons (Fsp3) is 0.0588. The number of fused-ring (bicyclic) bond motifs is 2. The third kappa shape index (κ3) is 7.22. The van der Waals surface area contributed by atoms with E-state index in [1.807, 2.05) is 109 Å². The van der Waals surface area contributed by atoms with Crippen molar-refractivity contribution in [1.29, 1.82) is 0 Å². The van der Waals surface area contributed by atoms with Crippen molar-refractivity contribution < 1.29 is 40.1 Å². The van der Waals surface area contributed by atoms with Crippen LogP contribution < -0.4 is 9.47 Å². The number of rotatable bonds is 6. The summed E-state index contributed by atoms with van der Waals surface area (Å²) in [7, 11) is 3.17. The van der Waals surface area contributed by atoms with E-state index in [1.54, 1.807) is 26.4 Å². The smallest absolute Gasteiger partial charge is 0.146 e. The van der Waals surface area contributed by atoms with E-state index >= 15 is 0 Å². The van der Waals surface area contributed by atoms with Gasteiger partial charge in [0.05, 0.1) is 14.2 Å². The molecule has 8 nitrogen and oxygen atoms in total. The number of benzene rings is 6. The van der Waals surface area contributed by atoms with Crippen molar-refractivity contribution in [3.05, 3.63) is 121 Å². The van der Waals surface area contributed by atoms with Gasteiger partial charge in [0, 0.05) is 31.2 Å². The SMILES string of the molecule is COc1ccccc1N=Nc1c(O)ccc2ccccc12.COc1ccccc1N=Nc1c(O)ccc2ccccc12.[Pd]. The van der Waals surface area contributed by atoms with Crippen LogP contribution in [0.4, 0.5) is 22.7 Å². The predicted molar refractivity (Wildman–Crippen MR) is 166 cm³/mol. The van der Waals surface area contributed by atoms with Gasteiger partial charge in [0.1, 0.15) is 45.7 Å². The summed E-state index contributed by atoms with van der Waals surface area (Å²) in [4.78, 5) is 0. The Morgan fingerprint density at radius 2 is 0.814 bits per heavy atom. The minimum absolute atomic E-state index is 0. The molecule has 0 fully saturated rings. The predicted octanol–water partition coefficient (Wildman–Crippen LogP) is 9.94. The molecule has 0 amide bonds. The molecule has 0 spiro atoms. The Balaban J connectivity index is 0.000000192. The Labute approximate surface area is 262 Å². The molecule has 0 bridgehead atoms. The van der Waals surface area contributed by atoms with E-state index in [0.717, 1.165) is 21.5 Å². The fourth-order valence-electron chi connectivity index (χ4n) is 4.33. The number of phenolic OH excluding ortho intramolecular Hbond substituents is 2. The van der Waals surface area contributed by atoms with Crippen LogP contribution >= 0.6 is 0 Å². The van der Waals surface area contributed by atoms with Gasteiger partial charge in [0.15, 0.2) is 0 Å². The Bertz CT molecular complexity index is 1770. The number of nitrogens with zero attached hydrogens (tertiary/aromatic N) is 4. The minimum Gasteiger partial charge on any atom is -0.506 e. The van der Waals surface area contributed by atoms with Crippen molar-refractivity contribution >= 4 is 44.3 Å². The van der Waals surface area contributed by atoms with Gasteiger partial charge in [-0.3, -0.25) is 0 Å². The van der Waals surface area contributed by atoms with Crippen molar-refractivity contribution in [3.63, 3.8) is 0 Å². The van der Waals surface area contributed by atoms with Crippen molar-refractivity contribution in [2.75, 3.05) is 14.2 Å². The Hall–Kier alpha value is -5.10. The normalized spacial score (nSPS) is 10.8. The molecule has 6 aromatic rings. The second-order valence-electron chi connectivity index (χ2n) is 9.05. The maximum absolute atomic E-state index is 10.0. The first-order chi connectivity index (χ1) is 20.6. The van der Waals surface area contributed by atoms with Gasteiger partial charge in [-0.2, -0.15) is 0 Å². The quantitative estimate of drug-likeness (QED) is 0.137. The van der Waals surface area contributed by atoms with E-state index in [0.29, 0.717) is 34.2 Å². The Morgan fingerprint density at radius 3 is 1.23 bits per heavy atom. The van der Waals surface area contributed by atoms with Gasteiger partial charge in [-0.1, -0.05) is 84.9 Å². The number of para-hydroxylation sites is 2. The maximum atomic E-state index is 10.0. The summed E-state index contributed by atoms with van der Waals surface area (Å²) in [5, 5.41) is 40.6. The molecule has 218 valence electrons. The molecule has 2 N–H and O–H groups in total. The van der Waals surface area contributed by atoms with Gasteiger partial charge < -0.3 is 19.7 Å². The summed E-state index contributed by atoms with van der Waals surface area (Å²) in [6, 6.07) is 37.1. The number of hydrogen-bond acceptors (Lipinski definition) is 8. The van der Waals surface area contributed by atoms with E-state index in [2.05, 4.69) is 20.5 Å². The summed E-state index contributed by atoms with van der Waals surface area (Å²) in [5.41, 5.74) is 2.15. The van der Waals surface area contributed by atoms with Crippen LogP contribution in [0.1, 0.15) is 0 Å². The Kier molecular flexibility index (Phi) is 10.5. The van der Waals surface area contributed by atoms with Gasteiger partial charge in [0.25, 0.3) is 0 Å². The number of ether oxygens (including phenoxy) is 2. The second kappa shape index (κ2) is 14.7. The summed E-state index contributed by atoms with van der Waals surface area (Å²) >= 11 is 0. The molecule has 43 heavy (non-hydrogen) atoms. The monoisotopic (exact) mass is 662 g/mol. The van der Waals surface area contributed by atoms with Crippen LogP contribution in [0.3, 0.4) is 0 Å². The first-order valence-corrected chi connectivity index (χ1v) is 13.1. The largest absolute Gasteiger partial charge is 0.506 e. The molecule has 0 aliphatic heterocycles. The fourth-order valence-corrected chi connectivity index (χ4v) is 4.33. The molecule has 0 aliphatic carbocycles. The third-order valence-electron chi connectivity index (χ3n) is 6.44. The molecule has 0 saturated carbocycles. The third-order valence-corrected chi connectivity index (χ3v) is 6.44. The minimum atomic E-state index is 0. The summed E-state index contributed by atoms with van der Waals surface area (Å²) in [5.74, 6) is 1.49. The van der Waals surface area contributed by atoms with Gasteiger partial charge >= 0.3 is 0 Å².